The van der Waals surface area contributed by atoms with Crippen molar-refractivity contribution in [3.8, 4) is 0 Å². The second kappa shape index (κ2) is 4.21. The van der Waals surface area contributed by atoms with Gasteiger partial charge in [0.2, 0.25) is 0 Å². The third kappa shape index (κ3) is 4.70. The first-order valence-electron chi connectivity index (χ1n) is 4.64. The molecule has 0 aromatic heterocycles. The van der Waals surface area contributed by atoms with E-state index in [-0.39, 0.29) is 0 Å². The van der Waals surface area contributed by atoms with Crippen molar-refractivity contribution in [2.24, 2.45) is 0 Å². The summed E-state index contributed by atoms with van der Waals surface area (Å²) < 4.78 is 9.46. The van der Waals surface area contributed by atoms with Gasteiger partial charge in [-0.15, -0.1) is 0 Å². The zero-order valence-electron chi connectivity index (χ0n) is 7.88. The first kappa shape index (κ1) is 9.96. The van der Waals surface area contributed by atoms with Crippen molar-refractivity contribution in [3.63, 3.8) is 0 Å². The fourth-order valence-corrected chi connectivity index (χ4v) is 0.777. The molecule has 72 valence electrons. The summed E-state index contributed by atoms with van der Waals surface area (Å²) >= 11 is 0. The van der Waals surface area contributed by atoms with Gasteiger partial charge >= 0.3 is 0 Å². The Morgan fingerprint density at radius 1 is 1.58 bits per heavy atom. The fourth-order valence-electron chi connectivity index (χ4n) is 0.777. The summed E-state index contributed by atoms with van der Waals surface area (Å²) in [5, 5.41) is 9.04. The molecule has 0 amide bonds. The molecule has 2 fully saturated rings. The van der Waals surface area contributed by atoms with E-state index in [1.54, 1.807) is 0 Å². The summed E-state index contributed by atoms with van der Waals surface area (Å²) in [4.78, 5) is 0. The normalized spacial score (nSPS) is 36.8. The quantitative estimate of drug-likeness (QED) is 0.656. The van der Waals surface area contributed by atoms with Crippen molar-refractivity contribution in [1.29, 1.82) is 0 Å². The molecule has 2 saturated heterocycles. The molecule has 2 rings (SSSR count). The van der Waals surface area contributed by atoms with Crippen LogP contribution >= 0.6 is 0 Å². The van der Waals surface area contributed by atoms with Gasteiger partial charge in [-0.3, -0.25) is 0 Å². The molecule has 0 saturated carbocycles. The number of unbranched alkanes of at least 4 members (excludes halogenated alkanes) is 1. The molecule has 0 aromatic carbocycles. The van der Waals surface area contributed by atoms with E-state index in [1.807, 2.05) is 0 Å². The Balaban J connectivity index is 0.000000150. The Morgan fingerprint density at radius 2 is 2.08 bits per heavy atom. The SMILES string of the molecule is CC1CO1.CCCCC1(O)CO1. The third-order valence-electron chi connectivity index (χ3n) is 1.90. The van der Waals surface area contributed by atoms with Crippen LogP contribution in [0, 0.1) is 0 Å². The molecular weight excluding hydrogens is 156 g/mol. The minimum atomic E-state index is -0.698. The van der Waals surface area contributed by atoms with Crippen LogP contribution in [0.15, 0.2) is 0 Å². The highest BCUT2D eigenvalue weighted by atomic mass is 16.7. The van der Waals surface area contributed by atoms with Crippen LogP contribution in [-0.2, 0) is 9.47 Å². The Labute approximate surface area is 73.7 Å². The largest absolute Gasteiger partial charge is 0.373 e. The van der Waals surface area contributed by atoms with Crippen LogP contribution in [0.5, 0.6) is 0 Å². The highest BCUT2D eigenvalue weighted by Crippen LogP contribution is 2.28. The molecule has 0 aromatic rings. The topological polar surface area (TPSA) is 45.3 Å². The van der Waals surface area contributed by atoms with Crippen LogP contribution in [-0.4, -0.2) is 30.2 Å². The Bertz CT molecular complexity index is 128. The van der Waals surface area contributed by atoms with E-state index in [0.717, 1.165) is 25.9 Å². The van der Waals surface area contributed by atoms with Crippen LogP contribution in [0.25, 0.3) is 0 Å². The lowest BCUT2D eigenvalue weighted by Gasteiger charge is -1.99. The summed E-state index contributed by atoms with van der Waals surface area (Å²) in [7, 11) is 0. The lowest BCUT2D eigenvalue weighted by Crippen LogP contribution is -2.07. The smallest absolute Gasteiger partial charge is 0.189 e. The number of hydrogen-bond donors (Lipinski definition) is 1. The van der Waals surface area contributed by atoms with Gasteiger partial charge in [-0.2, -0.15) is 0 Å². The van der Waals surface area contributed by atoms with Crippen LogP contribution in [0.3, 0.4) is 0 Å². The summed E-state index contributed by atoms with van der Waals surface area (Å²) in [6, 6.07) is 0. The van der Waals surface area contributed by atoms with Gasteiger partial charge in [0.05, 0.1) is 12.7 Å². The van der Waals surface area contributed by atoms with E-state index in [2.05, 4.69) is 13.8 Å². The Morgan fingerprint density at radius 3 is 2.33 bits per heavy atom. The molecular formula is C9H18O3. The monoisotopic (exact) mass is 174 g/mol. The van der Waals surface area contributed by atoms with E-state index < -0.39 is 5.79 Å². The van der Waals surface area contributed by atoms with E-state index in [4.69, 9.17) is 14.6 Å². The zero-order chi connectivity index (χ0) is 9.03. The number of aliphatic hydroxyl groups is 1. The number of rotatable bonds is 3. The zero-order valence-corrected chi connectivity index (χ0v) is 7.88. The molecule has 3 heteroatoms. The predicted octanol–water partition coefficient (Wildman–Crippen LogP) is 1.30. The summed E-state index contributed by atoms with van der Waals surface area (Å²) in [6.45, 7) is 5.69. The van der Waals surface area contributed by atoms with Gasteiger partial charge in [0.25, 0.3) is 0 Å². The third-order valence-corrected chi connectivity index (χ3v) is 1.90. The lowest BCUT2D eigenvalue weighted by atomic mass is 10.2. The fraction of sp³-hybridized carbons (Fsp3) is 1.00. The average Bonchev–Trinajstić information content (AvgIpc) is 2.91. The summed E-state index contributed by atoms with van der Waals surface area (Å²) in [5.74, 6) is -0.698. The van der Waals surface area contributed by atoms with Crippen molar-refractivity contribution < 1.29 is 14.6 Å². The highest BCUT2D eigenvalue weighted by Gasteiger charge is 2.41. The van der Waals surface area contributed by atoms with E-state index >= 15 is 0 Å². The van der Waals surface area contributed by atoms with Gasteiger partial charge < -0.3 is 14.6 Å². The maximum absolute atomic E-state index is 9.04. The van der Waals surface area contributed by atoms with Crippen molar-refractivity contribution in [2.45, 2.75) is 45.0 Å². The Hall–Kier alpha value is -0.120. The summed E-state index contributed by atoms with van der Waals surface area (Å²) in [5.41, 5.74) is 0. The standard InChI is InChI=1S/C6H12O2.C3H6O/c1-2-3-4-6(7)5-8-6;1-3-2-4-3/h7H,2-5H2,1H3;3H,2H2,1H3. The molecule has 1 N–H and O–H groups in total. The van der Waals surface area contributed by atoms with Gasteiger partial charge in [0.1, 0.15) is 6.61 Å². The van der Waals surface area contributed by atoms with Crippen LogP contribution in [0.4, 0.5) is 0 Å². The van der Waals surface area contributed by atoms with Gasteiger partial charge in [-0.05, 0) is 13.3 Å². The van der Waals surface area contributed by atoms with Gasteiger partial charge in [0.15, 0.2) is 5.79 Å². The molecule has 0 radical (unpaired) electrons. The maximum Gasteiger partial charge on any atom is 0.189 e. The predicted molar refractivity (Wildman–Crippen MR) is 45.8 cm³/mol. The van der Waals surface area contributed by atoms with Crippen LogP contribution < -0.4 is 0 Å². The number of epoxide rings is 2. The molecule has 2 aliphatic rings. The highest BCUT2D eigenvalue weighted by molar-refractivity contribution is 4.77. The van der Waals surface area contributed by atoms with Crippen LogP contribution in [0.1, 0.15) is 33.1 Å². The van der Waals surface area contributed by atoms with E-state index in [1.165, 1.54) is 0 Å². The van der Waals surface area contributed by atoms with Gasteiger partial charge in [0, 0.05) is 6.42 Å². The van der Waals surface area contributed by atoms with Crippen molar-refractivity contribution >= 4 is 0 Å². The first-order valence-corrected chi connectivity index (χ1v) is 4.64. The Kier molecular flexibility index (Phi) is 3.50. The summed E-state index contributed by atoms with van der Waals surface area (Å²) in [6.07, 6.45) is 3.59. The molecule has 3 nitrogen and oxygen atoms in total. The van der Waals surface area contributed by atoms with E-state index in [9.17, 15) is 0 Å². The van der Waals surface area contributed by atoms with Gasteiger partial charge in [-0.25, -0.2) is 0 Å². The molecule has 0 aliphatic carbocycles. The second-order valence-corrected chi connectivity index (χ2v) is 3.48. The van der Waals surface area contributed by atoms with E-state index in [0.29, 0.717) is 12.7 Å². The molecule has 0 bridgehead atoms. The van der Waals surface area contributed by atoms with Crippen LogP contribution in [0.2, 0.25) is 0 Å². The minimum absolute atomic E-state index is 0.549. The second-order valence-electron chi connectivity index (χ2n) is 3.48. The minimum Gasteiger partial charge on any atom is -0.373 e. The first-order chi connectivity index (χ1) is 5.66. The lowest BCUT2D eigenvalue weighted by molar-refractivity contribution is 0.0270. The molecule has 0 spiro atoms. The number of ether oxygens (including phenoxy) is 2. The molecule has 2 heterocycles. The molecule has 12 heavy (non-hydrogen) atoms. The molecule has 2 unspecified atom stereocenters. The average molecular weight is 174 g/mol. The van der Waals surface area contributed by atoms with Gasteiger partial charge in [-0.1, -0.05) is 13.3 Å². The number of hydrogen-bond acceptors (Lipinski definition) is 3. The van der Waals surface area contributed by atoms with Crippen molar-refractivity contribution in [1.82, 2.24) is 0 Å². The maximum atomic E-state index is 9.04. The molecule has 2 aliphatic heterocycles. The van der Waals surface area contributed by atoms with Crippen molar-refractivity contribution in [2.75, 3.05) is 13.2 Å². The molecule has 2 atom stereocenters. The van der Waals surface area contributed by atoms with Crippen molar-refractivity contribution in [3.05, 3.63) is 0 Å².